The summed E-state index contributed by atoms with van der Waals surface area (Å²) in [6, 6.07) is 5.23. The largest absolute Gasteiger partial charge is 0.548 e. The summed E-state index contributed by atoms with van der Waals surface area (Å²) in [5, 5.41) is 36.5. The Bertz CT molecular complexity index is 1110. The summed E-state index contributed by atoms with van der Waals surface area (Å²) < 4.78 is 4.62. The van der Waals surface area contributed by atoms with E-state index in [2.05, 4.69) is 20.4 Å². The lowest BCUT2D eigenvalue weighted by atomic mass is 9.89. The number of nitrogens with two attached hydrogens (primary N) is 1. The number of carbonyl (C=O) groups excluding carboxylic acids is 4. The van der Waals surface area contributed by atoms with E-state index in [4.69, 9.17) is 5.73 Å². The van der Waals surface area contributed by atoms with E-state index in [0.717, 1.165) is 16.5 Å². The van der Waals surface area contributed by atoms with Gasteiger partial charge in [-0.3, -0.25) is 14.4 Å². The van der Waals surface area contributed by atoms with Crippen LogP contribution in [0.2, 0.25) is 0 Å². The molecule has 1 aromatic heterocycles. The number of hydrogen-bond donors (Lipinski definition) is 6. The van der Waals surface area contributed by atoms with Crippen LogP contribution in [0.4, 0.5) is 0 Å². The van der Waals surface area contributed by atoms with Crippen molar-refractivity contribution in [3.05, 3.63) is 47.7 Å². The van der Waals surface area contributed by atoms with Gasteiger partial charge < -0.3 is 46.2 Å². The van der Waals surface area contributed by atoms with Crippen molar-refractivity contribution >= 4 is 34.6 Å². The van der Waals surface area contributed by atoms with Gasteiger partial charge in [-0.05, 0) is 11.6 Å². The number of ether oxygens (including phenoxy) is 1. The molecule has 0 spiro atoms. The normalized spacial score (nSPS) is 20.9. The molecule has 0 unspecified atom stereocenters. The quantitative estimate of drug-likeness (QED) is 0.209. The Morgan fingerprint density at radius 2 is 1.94 bits per heavy atom. The number of aliphatic hydroxyl groups is 2. The molecule has 12 heteroatoms. The molecule has 12 nitrogen and oxygen atoms in total. The smallest absolute Gasteiger partial charge is 0.247 e. The molecular weight excluding hydrogens is 448 g/mol. The molecular formula is C22H25N4O8-. The van der Waals surface area contributed by atoms with Gasteiger partial charge in [-0.25, -0.2) is 0 Å². The lowest BCUT2D eigenvalue weighted by Gasteiger charge is -2.31. The first-order chi connectivity index (χ1) is 16.2. The highest BCUT2D eigenvalue weighted by molar-refractivity contribution is 5.97. The number of H-pyrrole nitrogens is 1. The molecule has 34 heavy (non-hydrogen) atoms. The second-order valence-electron chi connectivity index (χ2n) is 7.90. The number of para-hydroxylation sites is 1. The lowest BCUT2D eigenvalue weighted by molar-refractivity contribution is -0.309. The fourth-order valence-corrected chi connectivity index (χ4v) is 3.71. The molecule has 2 aromatic rings. The third kappa shape index (κ3) is 6.19. The molecule has 0 aliphatic heterocycles. The van der Waals surface area contributed by atoms with Crippen molar-refractivity contribution in [2.24, 2.45) is 5.73 Å². The molecule has 1 aliphatic rings. The maximum atomic E-state index is 12.8. The summed E-state index contributed by atoms with van der Waals surface area (Å²) in [6.45, 7) is -1.42. The second kappa shape index (κ2) is 10.9. The third-order valence-corrected chi connectivity index (χ3v) is 5.39. The van der Waals surface area contributed by atoms with E-state index in [9.17, 15) is 34.5 Å². The van der Waals surface area contributed by atoms with Crippen LogP contribution in [0.3, 0.4) is 0 Å². The molecule has 1 aromatic carbocycles. The summed E-state index contributed by atoms with van der Waals surface area (Å²) in [7, 11) is 0. The molecule has 0 saturated heterocycles. The monoisotopic (exact) mass is 473 g/mol. The van der Waals surface area contributed by atoms with Gasteiger partial charge in [0, 0.05) is 35.5 Å². The summed E-state index contributed by atoms with van der Waals surface area (Å²) in [6.07, 6.45) is 0.0904. The highest BCUT2D eigenvalue weighted by Crippen LogP contribution is 2.22. The number of nitrogens with one attached hydrogen (secondary N) is 3. The van der Waals surface area contributed by atoms with Crippen molar-refractivity contribution in [2.45, 2.75) is 37.1 Å². The number of aliphatic hydroxyl groups excluding tert-OH is 2. The van der Waals surface area contributed by atoms with Crippen LogP contribution in [0.1, 0.15) is 12.0 Å². The zero-order chi connectivity index (χ0) is 24.8. The molecule has 0 fully saturated rings. The average Bonchev–Trinajstić information content (AvgIpc) is 3.18. The summed E-state index contributed by atoms with van der Waals surface area (Å²) in [5.74, 6) is -3.73. The Morgan fingerprint density at radius 3 is 2.65 bits per heavy atom. The van der Waals surface area contributed by atoms with Crippen LogP contribution >= 0.6 is 0 Å². The van der Waals surface area contributed by atoms with Crippen LogP contribution in [-0.2, 0) is 30.3 Å². The Balaban J connectivity index is 1.69. The van der Waals surface area contributed by atoms with Gasteiger partial charge in [0.1, 0.15) is 18.8 Å². The van der Waals surface area contributed by atoms with E-state index in [1.165, 1.54) is 6.08 Å². The maximum Gasteiger partial charge on any atom is 0.247 e. The molecule has 0 radical (unpaired) electrons. The minimum atomic E-state index is -1.50. The van der Waals surface area contributed by atoms with Crippen molar-refractivity contribution in [3.63, 3.8) is 0 Å². The van der Waals surface area contributed by atoms with Crippen molar-refractivity contribution in [1.82, 2.24) is 15.6 Å². The summed E-state index contributed by atoms with van der Waals surface area (Å²) >= 11 is 0. The average molecular weight is 473 g/mol. The zero-order valence-electron chi connectivity index (χ0n) is 18.0. The first kappa shape index (κ1) is 24.9. The zero-order valence-corrected chi connectivity index (χ0v) is 18.0. The number of aromatic nitrogens is 1. The number of aliphatic carboxylic acids is 1. The van der Waals surface area contributed by atoms with E-state index in [-0.39, 0.29) is 18.4 Å². The van der Waals surface area contributed by atoms with Crippen LogP contribution in [0.25, 0.3) is 10.9 Å². The Hall–Kier alpha value is -3.74. The fraction of sp³-hybridized carbons (Fsp3) is 0.364. The number of fused-ring (bicyclic) bond motifs is 1. The standard InChI is InChI=1S/C22H26N4O8/c23-21(32)16(6-12-8-24-14-4-2-1-3-13(12)14)26-22(33)11-5-15(20(31)17(27)7-11)25-18(28)9-34-10-19(29)30/h1-5,8,15-17,20,24,27,31H,6-7,9-10H2,(H2,23,32)(H,25,28)(H,26,33)(H,29,30)/p-1/t15-,16-,17-,20-/m1/s1. The molecule has 4 atom stereocenters. The van der Waals surface area contributed by atoms with Crippen LogP contribution < -0.4 is 21.5 Å². The van der Waals surface area contributed by atoms with Crippen LogP contribution in [0.5, 0.6) is 0 Å². The van der Waals surface area contributed by atoms with Gasteiger partial charge in [0.2, 0.25) is 17.7 Å². The molecule has 7 N–H and O–H groups in total. The number of aromatic amines is 1. The first-order valence-corrected chi connectivity index (χ1v) is 10.4. The SMILES string of the molecule is NC(=O)[C@@H](Cc1c[nH]c2ccccc12)NC(=O)C1=C[C@@H](NC(=O)COCC(=O)[O-])[C@@H](O)[C@H](O)C1. The number of hydrogen-bond acceptors (Lipinski definition) is 8. The van der Waals surface area contributed by atoms with Gasteiger partial charge in [-0.1, -0.05) is 24.3 Å². The van der Waals surface area contributed by atoms with Crippen molar-refractivity contribution in [1.29, 1.82) is 0 Å². The molecule has 1 aliphatic carbocycles. The van der Waals surface area contributed by atoms with E-state index in [0.29, 0.717) is 0 Å². The molecule has 1 heterocycles. The number of carbonyl (C=O) groups is 4. The van der Waals surface area contributed by atoms with Crippen molar-refractivity contribution < 1.29 is 39.2 Å². The van der Waals surface area contributed by atoms with Crippen LogP contribution in [0.15, 0.2) is 42.1 Å². The number of rotatable bonds is 10. The fourth-order valence-electron chi connectivity index (χ4n) is 3.71. The van der Waals surface area contributed by atoms with Gasteiger partial charge in [-0.15, -0.1) is 0 Å². The molecule has 3 rings (SSSR count). The summed E-state index contributed by atoms with van der Waals surface area (Å²) in [5.41, 5.74) is 7.16. The van der Waals surface area contributed by atoms with Crippen LogP contribution in [0, 0.1) is 0 Å². The number of primary amides is 1. The summed E-state index contributed by atoms with van der Waals surface area (Å²) in [4.78, 5) is 50.2. The predicted octanol–water partition coefficient (Wildman–Crippen LogP) is -3.02. The van der Waals surface area contributed by atoms with Gasteiger partial charge in [-0.2, -0.15) is 0 Å². The Kier molecular flexibility index (Phi) is 7.99. The topological polar surface area (TPSA) is 207 Å². The maximum absolute atomic E-state index is 12.8. The molecule has 0 bridgehead atoms. The van der Waals surface area contributed by atoms with E-state index >= 15 is 0 Å². The first-order valence-electron chi connectivity index (χ1n) is 10.4. The molecule has 0 saturated carbocycles. The Morgan fingerprint density at radius 1 is 1.21 bits per heavy atom. The Labute approximate surface area is 193 Å². The van der Waals surface area contributed by atoms with Gasteiger partial charge >= 0.3 is 0 Å². The van der Waals surface area contributed by atoms with Crippen molar-refractivity contribution in [2.75, 3.05) is 13.2 Å². The third-order valence-electron chi connectivity index (χ3n) is 5.39. The predicted molar refractivity (Wildman–Crippen MR) is 116 cm³/mol. The van der Waals surface area contributed by atoms with E-state index in [1.807, 2.05) is 24.3 Å². The van der Waals surface area contributed by atoms with Gasteiger partial charge in [0.05, 0.1) is 24.7 Å². The van der Waals surface area contributed by atoms with Gasteiger partial charge in [0.15, 0.2) is 0 Å². The van der Waals surface area contributed by atoms with Crippen LogP contribution in [-0.4, -0.2) is 76.4 Å². The number of carboxylic acid groups (broad SMARTS) is 1. The number of amides is 3. The number of carboxylic acids is 1. The lowest BCUT2D eigenvalue weighted by Crippen LogP contribution is -2.53. The van der Waals surface area contributed by atoms with Crippen molar-refractivity contribution in [3.8, 4) is 0 Å². The van der Waals surface area contributed by atoms with E-state index in [1.54, 1.807) is 6.20 Å². The molecule has 3 amide bonds. The number of benzene rings is 1. The second-order valence-corrected chi connectivity index (χ2v) is 7.90. The minimum absolute atomic E-state index is 0.0314. The minimum Gasteiger partial charge on any atom is -0.548 e. The molecule has 182 valence electrons. The van der Waals surface area contributed by atoms with E-state index < -0.39 is 61.2 Å². The highest BCUT2D eigenvalue weighted by Gasteiger charge is 2.34. The highest BCUT2D eigenvalue weighted by atomic mass is 16.5. The van der Waals surface area contributed by atoms with Gasteiger partial charge in [0.25, 0.3) is 0 Å².